The van der Waals surface area contributed by atoms with Crippen molar-refractivity contribution >= 4 is 11.0 Å². The molecule has 0 aliphatic rings. The maximum Gasteiger partial charge on any atom is 0.339 e. The third-order valence-corrected chi connectivity index (χ3v) is 3.12. The Morgan fingerprint density at radius 3 is 2.55 bits per heavy atom. The van der Waals surface area contributed by atoms with E-state index in [0.717, 1.165) is 17.2 Å². The first-order valence-corrected chi connectivity index (χ1v) is 6.09. The van der Waals surface area contributed by atoms with E-state index in [9.17, 15) is 9.90 Å². The number of methoxy groups -OCH3 is 1. The molecular formula is C16H12O4. The zero-order valence-electron chi connectivity index (χ0n) is 10.8. The Hall–Kier alpha value is -2.75. The van der Waals surface area contributed by atoms with Crippen LogP contribution in [0.3, 0.4) is 0 Å². The SMILES string of the molecule is COc1cc(-c2ccccc2)c2c(O)cc(=O)oc2c1. The van der Waals surface area contributed by atoms with Gasteiger partial charge in [-0.1, -0.05) is 30.3 Å². The summed E-state index contributed by atoms with van der Waals surface area (Å²) in [6, 6.07) is 14.0. The van der Waals surface area contributed by atoms with Crippen LogP contribution >= 0.6 is 0 Å². The van der Waals surface area contributed by atoms with Crippen LogP contribution in [-0.2, 0) is 0 Å². The van der Waals surface area contributed by atoms with Crippen LogP contribution in [0.4, 0.5) is 0 Å². The molecule has 0 unspecified atom stereocenters. The summed E-state index contributed by atoms with van der Waals surface area (Å²) in [6.45, 7) is 0. The molecule has 3 aromatic rings. The third-order valence-electron chi connectivity index (χ3n) is 3.12. The van der Waals surface area contributed by atoms with E-state index >= 15 is 0 Å². The van der Waals surface area contributed by atoms with E-state index in [1.807, 2.05) is 30.3 Å². The van der Waals surface area contributed by atoms with Crippen molar-refractivity contribution in [1.29, 1.82) is 0 Å². The molecule has 0 bridgehead atoms. The molecule has 0 aliphatic heterocycles. The monoisotopic (exact) mass is 268 g/mol. The quantitative estimate of drug-likeness (QED) is 0.725. The largest absolute Gasteiger partial charge is 0.507 e. The topological polar surface area (TPSA) is 59.7 Å². The van der Waals surface area contributed by atoms with Gasteiger partial charge in [-0.15, -0.1) is 0 Å². The fourth-order valence-corrected chi connectivity index (χ4v) is 2.22. The molecule has 3 rings (SSSR count). The predicted molar refractivity (Wildman–Crippen MR) is 76.1 cm³/mol. The fraction of sp³-hybridized carbons (Fsp3) is 0.0625. The molecule has 100 valence electrons. The minimum absolute atomic E-state index is 0.0993. The molecule has 1 aromatic heterocycles. The van der Waals surface area contributed by atoms with Gasteiger partial charge in [-0.05, 0) is 11.6 Å². The van der Waals surface area contributed by atoms with Crippen LogP contribution in [0.5, 0.6) is 11.5 Å². The summed E-state index contributed by atoms with van der Waals surface area (Å²) in [5, 5.41) is 10.6. The van der Waals surface area contributed by atoms with E-state index in [2.05, 4.69) is 0 Å². The molecule has 20 heavy (non-hydrogen) atoms. The van der Waals surface area contributed by atoms with Crippen molar-refractivity contribution in [1.82, 2.24) is 0 Å². The molecule has 0 saturated heterocycles. The van der Waals surface area contributed by atoms with E-state index in [4.69, 9.17) is 9.15 Å². The molecule has 4 nitrogen and oxygen atoms in total. The first-order chi connectivity index (χ1) is 9.69. The van der Waals surface area contributed by atoms with Crippen molar-refractivity contribution in [3.63, 3.8) is 0 Å². The van der Waals surface area contributed by atoms with Gasteiger partial charge in [0.2, 0.25) is 0 Å². The van der Waals surface area contributed by atoms with Gasteiger partial charge in [-0.3, -0.25) is 0 Å². The standard InChI is InChI=1S/C16H12O4/c1-19-11-7-12(10-5-3-2-4-6-10)16-13(17)9-15(18)20-14(16)8-11/h2-9,17H,1H3. The van der Waals surface area contributed by atoms with Crippen LogP contribution in [0.1, 0.15) is 0 Å². The van der Waals surface area contributed by atoms with Gasteiger partial charge in [-0.2, -0.15) is 0 Å². The summed E-state index contributed by atoms with van der Waals surface area (Å²) in [6.07, 6.45) is 0. The van der Waals surface area contributed by atoms with Gasteiger partial charge in [0.15, 0.2) is 0 Å². The normalized spacial score (nSPS) is 10.7. The third kappa shape index (κ3) is 2.01. The van der Waals surface area contributed by atoms with Crippen LogP contribution in [0, 0.1) is 0 Å². The van der Waals surface area contributed by atoms with Gasteiger partial charge >= 0.3 is 5.63 Å². The number of fused-ring (bicyclic) bond motifs is 1. The summed E-state index contributed by atoms with van der Waals surface area (Å²) in [7, 11) is 1.54. The Bertz CT molecular complexity index is 819. The van der Waals surface area contributed by atoms with Crippen molar-refractivity contribution in [2.45, 2.75) is 0 Å². The second-order valence-corrected chi connectivity index (χ2v) is 4.36. The van der Waals surface area contributed by atoms with E-state index in [0.29, 0.717) is 16.7 Å². The number of aromatic hydroxyl groups is 1. The molecule has 1 heterocycles. The van der Waals surface area contributed by atoms with Crippen molar-refractivity contribution in [3.8, 4) is 22.6 Å². The van der Waals surface area contributed by atoms with Crippen LogP contribution in [0.15, 0.2) is 57.7 Å². The van der Waals surface area contributed by atoms with E-state index in [-0.39, 0.29) is 5.75 Å². The fourth-order valence-electron chi connectivity index (χ4n) is 2.22. The van der Waals surface area contributed by atoms with Gasteiger partial charge in [0.05, 0.1) is 18.6 Å². The highest BCUT2D eigenvalue weighted by atomic mass is 16.5. The van der Waals surface area contributed by atoms with Gasteiger partial charge in [0.25, 0.3) is 0 Å². The molecule has 0 aliphatic carbocycles. The Kier molecular flexibility index (Phi) is 2.91. The molecule has 2 aromatic carbocycles. The lowest BCUT2D eigenvalue weighted by atomic mass is 10.00. The number of hydrogen-bond donors (Lipinski definition) is 1. The number of hydrogen-bond acceptors (Lipinski definition) is 4. The minimum atomic E-state index is -0.595. The Morgan fingerprint density at radius 1 is 1.10 bits per heavy atom. The Morgan fingerprint density at radius 2 is 1.85 bits per heavy atom. The number of benzene rings is 2. The lowest BCUT2D eigenvalue weighted by Gasteiger charge is -2.10. The van der Waals surface area contributed by atoms with Gasteiger partial charge in [0.1, 0.15) is 17.1 Å². The second-order valence-electron chi connectivity index (χ2n) is 4.36. The van der Waals surface area contributed by atoms with Crippen molar-refractivity contribution in [2.24, 2.45) is 0 Å². The smallest absolute Gasteiger partial charge is 0.339 e. The highest BCUT2D eigenvalue weighted by Gasteiger charge is 2.13. The zero-order valence-corrected chi connectivity index (χ0v) is 10.8. The van der Waals surface area contributed by atoms with Crippen molar-refractivity contribution in [2.75, 3.05) is 7.11 Å². The van der Waals surface area contributed by atoms with Gasteiger partial charge in [0, 0.05) is 11.6 Å². The second kappa shape index (κ2) is 4.74. The summed E-state index contributed by atoms with van der Waals surface area (Å²) in [5.74, 6) is 0.461. The molecule has 0 radical (unpaired) electrons. The lowest BCUT2D eigenvalue weighted by Crippen LogP contribution is -1.97. The molecule has 0 saturated carbocycles. The molecular weight excluding hydrogens is 256 g/mol. The van der Waals surface area contributed by atoms with E-state index in [1.165, 1.54) is 7.11 Å². The van der Waals surface area contributed by atoms with E-state index in [1.54, 1.807) is 12.1 Å². The molecule has 4 heteroatoms. The molecule has 1 N–H and O–H groups in total. The molecule has 0 spiro atoms. The highest BCUT2D eigenvalue weighted by molar-refractivity contribution is 5.98. The number of ether oxygens (including phenoxy) is 1. The van der Waals surface area contributed by atoms with Crippen molar-refractivity contribution in [3.05, 3.63) is 59.0 Å². The van der Waals surface area contributed by atoms with Crippen LogP contribution < -0.4 is 10.4 Å². The first kappa shape index (κ1) is 12.3. The average Bonchev–Trinajstić information content (AvgIpc) is 2.46. The summed E-state index contributed by atoms with van der Waals surface area (Å²) in [4.78, 5) is 11.4. The van der Waals surface area contributed by atoms with Crippen LogP contribution in [0.25, 0.3) is 22.1 Å². The van der Waals surface area contributed by atoms with Crippen LogP contribution in [-0.4, -0.2) is 12.2 Å². The average molecular weight is 268 g/mol. The maximum atomic E-state index is 11.4. The van der Waals surface area contributed by atoms with Crippen molar-refractivity contribution < 1.29 is 14.3 Å². The zero-order chi connectivity index (χ0) is 14.1. The summed E-state index contributed by atoms with van der Waals surface area (Å²) >= 11 is 0. The maximum absolute atomic E-state index is 11.4. The molecule has 0 fully saturated rings. The van der Waals surface area contributed by atoms with Gasteiger partial charge < -0.3 is 14.3 Å². The van der Waals surface area contributed by atoms with Gasteiger partial charge in [-0.25, -0.2) is 4.79 Å². The predicted octanol–water partition coefficient (Wildman–Crippen LogP) is 3.17. The lowest BCUT2D eigenvalue weighted by molar-refractivity contribution is 0.413. The Labute approximate surface area is 114 Å². The summed E-state index contributed by atoms with van der Waals surface area (Å²) < 4.78 is 10.4. The minimum Gasteiger partial charge on any atom is -0.507 e. The number of rotatable bonds is 2. The summed E-state index contributed by atoms with van der Waals surface area (Å²) in [5.41, 5.74) is 1.36. The Balaban J connectivity index is 2.43. The van der Waals surface area contributed by atoms with Crippen LogP contribution in [0.2, 0.25) is 0 Å². The highest BCUT2D eigenvalue weighted by Crippen LogP contribution is 2.36. The van der Waals surface area contributed by atoms with E-state index < -0.39 is 5.63 Å². The first-order valence-electron chi connectivity index (χ1n) is 6.09. The molecule has 0 amide bonds. The molecule has 0 atom stereocenters.